The Balaban J connectivity index is 1.86. The van der Waals surface area contributed by atoms with Gasteiger partial charge in [0.1, 0.15) is 12.4 Å². The van der Waals surface area contributed by atoms with Crippen LogP contribution in [-0.4, -0.2) is 17.7 Å². The largest absolute Gasteiger partial charge is 0.508 e. The average Bonchev–Trinajstić information content (AvgIpc) is 3.08. The Morgan fingerprint density at radius 1 is 0.931 bits per heavy atom. The Labute approximate surface area is 170 Å². The molecule has 0 radical (unpaired) electrons. The van der Waals surface area contributed by atoms with Crippen molar-refractivity contribution in [3.8, 4) is 5.75 Å². The maximum atomic E-state index is 12.8. The number of phenols is 1. The summed E-state index contributed by atoms with van der Waals surface area (Å²) in [6.45, 7) is 4.18. The van der Waals surface area contributed by atoms with Gasteiger partial charge in [-0.05, 0) is 37.6 Å². The second-order valence-corrected chi connectivity index (χ2v) is 7.37. The molecule has 4 rings (SSSR count). The van der Waals surface area contributed by atoms with Crippen molar-refractivity contribution in [3.05, 3.63) is 106 Å². The zero-order valence-electron chi connectivity index (χ0n) is 16.5. The van der Waals surface area contributed by atoms with Crippen molar-refractivity contribution in [2.45, 2.75) is 19.8 Å². The van der Waals surface area contributed by atoms with Crippen LogP contribution in [0.5, 0.6) is 5.75 Å². The van der Waals surface area contributed by atoms with Gasteiger partial charge in [0.15, 0.2) is 0 Å². The van der Waals surface area contributed by atoms with Crippen LogP contribution in [0.25, 0.3) is 0 Å². The SMILES string of the molecule is Cc1ccc(NC2=C([C@H](c3ccccc3)c3cc(C)ccc3O)C(=O)OC2)cc1. The summed E-state index contributed by atoms with van der Waals surface area (Å²) in [5, 5.41) is 14.0. The van der Waals surface area contributed by atoms with E-state index in [1.807, 2.05) is 80.6 Å². The molecule has 0 saturated heterocycles. The van der Waals surface area contributed by atoms with Crippen LogP contribution in [-0.2, 0) is 9.53 Å². The van der Waals surface area contributed by atoms with E-state index in [0.717, 1.165) is 22.4 Å². The van der Waals surface area contributed by atoms with Gasteiger partial charge in [0.25, 0.3) is 0 Å². The van der Waals surface area contributed by atoms with E-state index in [2.05, 4.69) is 5.32 Å². The highest BCUT2D eigenvalue weighted by Crippen LogP contribution is 2.41. The van der Waals surface area contributed by atoms with E-state index in [-0.39, 0.29) is 18.3 Å². The lowest BCUT2D eigenvalue weighted by Gasteiger charge is -2.21. The van der Waals surface area contributed by atoms with Crippen molar-refractivity contribution in [1.29, 1.82) is 0 Å². The molecule has 29 heavy (non-hydrogen) atoms. The summed E-state index contributed by atoms with van der Waals surface area (Å²) in [4.78, 5) is 12.8. The highest BCUT2D eigenvalue weighted by molar-refractivity contribution is 5.95. The number of hydrogen-bond donors (Lipinski definition) is 2. The van der Waals surface area contributed by atoms with Gasteiger partial charge in [0, 0.05) is 17.2 Å². The van der Waals surface area contributed by atoms with Crippen LogP contribution in [0.2, 0.25) is 0 Å². The monoisotopic (exact) mass is 385 g/mol. The lowest BCUT2D eigenvalue weighted by molar-refractivity contribution is -0.136. The van der Waals surface area contributed by atoms with Crippen LogP contribution in [0.1, 0.15) is 28.2 Å². The fourth-order valence-corrected chi connectivity index (χ4v) is 3.68. The van der Waals surface area contributed by atoms with Gasteiger partial charge in [-0.1, -0.05) is 65.7 Å². The summed E-state index contributed by atoms with van der Waals surface area (Å²) in [5.41, 5.74) is 5.92. The third-order valence-corrected chi connectivity index (χ3v) is 5.16. The fourth-order valence-electron chi connectivity index (χ4n) is 3.68. The van der Waals surface area contributed by atoms with Gasteiger partial charge in [-0.3, -0.25) is 0 Å². The molecular formula is C25H23NO3. The number of phenolic OH excluding ortho intramolecular Hbond substituents is 1. The average molecular weight is 385 g/mol. The first-order chi connectivity index (χ1) is 14.0. The maximum Gasteiger partial charge on any atom is 0.337 e. The van der Waals surface area contributed by atoms with E-state index < -0.39 is 5.92 Å². The molecule has 4 heteroatoms. The van der Waals surface area contributed by atoms with Gasteiger partial charge in [0.2, 0.25) is 0 Å². The van der Waals surface area contributed by atoms with E-state index in [1.165, 1.54) is 0 Å². The van der Waals surface area contributed by atoms with E-state index in [9.17, 15) is 9.90 Å². The second kappa shape index (κ2) is 7.84. The molecule has 1 aliphatic heterocycles. The molecule has 0 unspecified atom stereocenters. The summed E-state index contributed by atoms with van der Waals surface area (Å²) < 4.78 is 5.41. The number of cyclic esters (lactones) is 1. The number of esters is 1. The topological polar surface area (TPSA) is 58.6 Å². The zero-order chi connectivity index (χ0) is 20.4. The number of aryl methyl sites for hydroxylation is 2. The van der Waals surface area contributed by atoms with Gasteiger partial charge < -0.3 is 15.2 Å². The standard InChI is InChI=1S/C25H23NO3/c1-16-8-11-19(12-9-16)26-21-15-29-25(28)24(21)23(18-6-4-3-5-7-18)20-14-17(2)10-13-22(20)27/h3-14,23,26-27H,15H2,1-2H3/t23-/m1/s1. The third kappa shape index (κ3) is 3.87. The smallest absolute Gasteiger partial charge is 0.337 e. The van der Waals surface area contributed by atoms with Crippen LogP contribution in [0, 0.1) is 13.8 Å². The van der Waals surface area contributed by atoms with Crippen molar-refractivity contribution in [2.24, 2.45) is 0 Å². The molecule has 3 aromatic carbocycles. The Kier molecular flexibility index (Phi) is 5.09. The summed E-state index contributed by atoms with van der Waals surface area (Å²) in [7, 11) is 0. The summed E-state index contributed by atoms with van der Waals surface area (Å²) in [5.74, 6) is -0.639. The predicted molar refractivity (Wildman–Crippen MR) is 114 cm³/mol. The predicted octanol–water partition coefficient (Wildman–Crippen LogP) is 5.06. The number of carbonyl (C=O) groups excluding carboxylic acids is 1. The maximum absolute atomic E-state index is 12.8. The molecular weight excluding hydrogens is 362 g/mol. The van der Waals surface area contributed by atoms with Crippen molar-refractivity contribution >= 4 is 11.7 Å². The highest BCUT2D eigenvalue weighted by Gasteiger charge is 2.35. The minimum absolute atomic E-state index is 0.159. The first-order valence-corrected chi connectivity index (χ1v) is 9.61. The summed E-state index contributed by atoms with van der Waals surface area (Å²) >= 11 is 0. The van der Waals surface area contributed by atoms with Crippen LogP contribution in [0.3, 0.4) is 0 Å². The Hall–Kier alpha value is -3.53. The molecule has 2 N–H and O–H groups in total. The number of anilines is 1. The molecule has 0 aliphatic carbocycles. The number of rotatable bonds is 5. The van der Waals surface area contributed by atoms with Crippen LogP contribution in [0.15, 0.2) is 84.1 Å². The van der Waals surface area contributed by atoms with Gasteiger partial charge in [-0.2, -0.15) is 0 Å². The molecule has 3 aromatic rings. The molecule has 0 fully saturated rings. The number of benzene rings is 3. The van der Waals surface area contributed by atoms with Gasteiger partial charge in [0.05, 0.1) is 11.3 Å². The number of nitrogens with one attached hydrogen (secondary N) is 1. The normalized spacial score (nSPS) is 14.6. The number of carbonyl (C=O) groups is 1. The third-order valence-electron chi connectivity index (χ3n) is 5.16. The molecule has 1 aliphatic rings. The van der Waals surface area contributed by atoms with Crippen LogP contribution < -0.4 is 5.32 Å². The molecule has 0 spiro atoms. The van der Waals surface area contributed by atoms with Crippen LogP contribution in [0.4, 0.5) is 5.69 Å². The van der Waals surface area contributed by atoms with Crippen molar-refractivity contribution in [1.82, 2.24) is 0 Å². The summed E-state index contributed by atoms with van der Waals surface area (Å²) in [6, 6.07) is 23.2. The molecule has 4 nitrogen and oxygen atoms in total. The lowest BCUT2D eigenvalue weighted by atomic mass is 9.83. The zero-order valence-corrected chi connectivity index (χ0v) is 16.5. The number of aromatic hydroxyl groups is 1. The van der Waals surface area contributed by atoms with Gasteiger partial charge in [-0.15, -0.1) is 0 Å². The quantitative estimate of drug-likeness (QED) is 0.603. The van der Waals surface area contributed by atoms with Gasteiger partial charge in [-0.25, -0.2) is 4.79 Å². The van der Waals surface area contributed by atoms with Gasteiger partial charge >= 0.3 is 5.97 Å². The van der Waals surface area contributed by atoms with E-state index >= 15 is 0 Å². The molecule has 0 saturated carbocycles. The molecule has 0 aromatic heterocycles. The van der Waals surface area contributed by atoms with E-state index in [1.54, 1.807) is 6.07 Å². The van der Waals surface area contributed by atoms with Crippen LogP contribution >= 0.6 is 0 Å². The molecule has 146 valence electrons. The summed E-state index contributed by atoms with van der Waals surface area (Å²) in [6.07, 6.45) is 0. The molecule has 0 bridgehead atoms. The molecule has 1 heterocycles. The highest BCUT2D eigenvalue weighted by atomic mass is 16.5. The fraction of sp³-hybridized carbons (Fsp3) is 0.160. The number of hydrogen-bond acceptors (Lipinski definition) is 4. The Morgan fingerprint density at radius 3 is 2.34 bits per heavy atom. The molecule has 0 amide bonds. The first kappa shape index (κ1) is 18.8. The van der Waals surface area contributed by atoms with E-state index in [4.69, 9.17) is 4.74 Å². The Morgan fingerprint density at radius 2 is 1.62 bits per heavy atom. The molecule has 1 atom stereocenters. The Bertz CT molecular complexity index is 1070. The van der Waals surface area contributed by atoms with Crippen molar-refractivity contribution in [2.75, 3.05) is 11.9 Å². The second-order valence-electron chi connectivity index (χ2n) is 7.37. The lowest BCUT2D eigenvalue weighted by Crippen LogP contribution is -2.14. The minimum Gasteiger partial charge on any atom is -0.508 e. The first-order valence-electron chi connectivity index (χ1n) is 9.61. The van der Waals surface area contributed by atoms with Crippen molar-refractivity contribution < 1.29 is 14.6 Å². The van der Waals surface area contributed by atoms with E-state index in [0.29, 0.717) is 16.8 Å². The van der Waals surface area contributed by atoms with Crippen molar-refractivity contribution in [3.63, 3.8) is 0 Å². The number of ether oxygens (including phenoxy) is 1. The minimum atomic E-state index is -0.431.